The van der Waals surface area contributed by atoms with Crippen molar-refractivity contribution in [3.8, 4) is 18.0 Å². The topological polar surface area (TPSA) is 104 Å². The molecule has 0 aromatic carbocycles. The van der Waals surface area contributed by atoms with Gasteiger partial charge in [-0.25, -0.2) is 15.0 Å². The molecule has 0 aliphatic heterocycles. The van der Waals surface area contributed by atoms with Gasteiger partial charge in [0.05, 0.1) is 0 Å². The van der Waals surface area contributed by atoms with Crippen molar-refractivity contribution in [2.24, 2.45) is 0 Å². The van der Waals surface area contributed by atoms with E-state index in [2.05, 4.69) is 19.9 Å². The van der Waals surface area contributed by atoms with Gasteiger partial charge in [-0.1, -0.05) is 0 Å². The SMILES string of the molecule is N#Cc1ncn(-c2ccc3nccnc3n2)c1C#N. The zero-order valence-corrected chi connectivity index (χ0v) is 9.52. The molecule has 88 valence electrons. The van der Waals surface area contributed by atoms with Gasteiger partial charge in [0.15, 0.2) is 17.0 Å². The molecular formula is C12H5N7. The van der Waals surface area contributed by atoms with Crippen LogP contribution in [-0.4, -0.2) is 24.5 Å². The summed E-state index contributed by atoms with van der Waals surface area (Å²) >= 11 is 0. The van der Waals surface area contributed by atoms with Crippen LogP contribution >= 0.6 is 0 Å². The average molecular weight is 247 g/mol. The summed E-state index contributed by atoms with van der Waals surface area (Å²) in [4.78, 5) is 16.4. The van der Waals surface area contributed by atoms with Crippen molar-refractivity contribution in [1.29, 1.82) is 10.5 Å². The number of rotatable bonds is 1. The first-order valence-corrected chi connectivity index (χ1v) is 5.29. The van der Waals surface area contributed by atoms with Crippen molar-refractivity contribution in [2.45, 2.75) is 0 Å². The predicted octanol–water partition coefficient (Wildman–Crippen LogP) is 0.954. The molecule has 0 N–H and O–H groups in total. The standard InChI is InChI=1S/C12H5N7/c13-5-9-10(6-14)19(7-17-9)11-2-1-8-12(18-11)16-4-3-15-8/h1-4,7H. The molecular weight excluding hydrogens is 242 g/mol. The van der Waals surface area contributed by atoms with E-state index in [1.165, 1.54) is 10.9 Å². The molecule has 0 bridgehead atoms. The van der Waals surface area contributed by atoms with Crippen molar-refractivity contribution in [2.75, 3.05) is 0 Å². The van der Waals surface area contributed by atoms with Crippen LogP contribution < -0.4 is 0 Å². The van der Waals surface area contributed by atoms with Crippen LogP contribution in [0.2, 0.25) is 0 Å². The second-order valence-corrected chi connectivity index (χ2v) is 3.60. The van der Waals surface area contributed by atoms with Gasteiger partial charge in [-0.15, -0.1) is 0 Å². The molecule has 3 heterocycles. The fourth-order valence-electron chi connectivity index (χ4n) is 1.69. The lowest BCUT2D eigenvalue weighted by atomic mass is 10.3. The Balaban J connectivity index is 2.23. The highest BCUT2D eigenvalue weighted by Gasteiger charge is 2.12. The summed E-state index contributed by atoms with van der Waals surface area (Å²) in [7, 11) is 0. The fraction of sp³-hybridized carbons (Fsp3) is 0. The molecule has 0 unspecified atom stereocenters. The molecule has 7 heteroatoms. The summed E-state index contributed by atoms with van der Waals surface area (Å²) in [5.74, 6) is 0.471. The lowest BCUT2D eigenvalue weighted by Crippen LogP contribution is -2.00. The van der Waals surface area contributed by atoms with Crippen molar-refractivity contribution in [3.63, 3.8) is 0 Å². The highest BCUT2D eigenvalue weighted by Crippen LogP contribution is 2.14. The third-order valence-corrected chi connectivity index (χ3v) is 2.54. The first kappa shape index (κ1) is 10.8. The van der Waals surface area contributed by atoms with E-state index in [1.807, 2.05) is 12.1 Å². The predicted molar refractivity (Wildman–Crippen MR) is 63.9 cm³/mol. The van der Waals surface area contributed by atoms with Crippen LogP contribution in [0.4, 0.5) is 0 Å². The van der Waals surface area contributed by atoms with E-state index in [9.17, 15) is 0 Å². The van der Waals surface area contributed by atoms with Gasteiger partial charge in [-0.3, -0.25) is 9.55 Å². The van der Waals surface area contributed by atoms with Crippen LogP contribution in [0.5, 0.6) is 0 Å². The molecule has 19 heavy (non-hydrogen) atoms. The number of hydrogen-bond acceptors (Lipinski definition) is 6. The Morgan fingerprint density at radius 3 is 2.63 bits per heavy atom. The summed E-state index contributed by atoms with van der Waals surface area (Å²) in [5, 5.41) is 17.9. The molecule has 3 aromatic rings. The zero-order valence-electron chi connectivity index (χ0n) is 9.52. The Morgan fingerprint density at radius 2 is 1.84 bits per heavy atom. The maximum atomic E-state index is 9.08. The summed E-state index contributed by atoms with van der Waals surface area (Å²) in [6.45, 7) is 0. The van der Waals surface area contributed by atoms with E-state index in [4.69, 9.17) is 10.5 Å². The Hall–Kier alpha value is -3.32. The van der Waals surface area contributed by atoms with Crippen LogP contribution in [0.25, 0.3) is 17.0 Å². The lowest BCUT2D eigenvalue weighted by Gasteiger charge is -2.03. The normalized spacial score (nSPS) is 10.0. The molecule has 0 fully saturated rings. The third-order valence-electron chi connectivity index (χ3n) is 2.54. The molecule has 0 spiro atoms. The van der Waals surface area contributed by atoms with E-state index in [1.54, 1.807) is 24.5 Å². The largest absolute Gasteiger partial charge is 0.273 e. The first-order valence-electron chi connectivity index (χ1n) is 5.29. The smallest absolute Gasteiger partial charge is 0.180 e. The Morgan fingerprint density at radius 1 is 1.00 bits per heavy atom. The average Bonchev–Trinajstić information content (AvgIpc) is 2.89. The number of aromatic nitrogens is 5. The first-order chi connectivity index (χ1) is 9.33. The highest BCUT2D eigenvalue weighted by molar-refractivity contribution is 5.70. The van der Waals surface area contributed by atoms with E-state index in [0.717, 1.165) is 0 Å². The molecule has 0 amide bonds. The minimum absolute atomic E-state index is 0.0727. The summed E-state index contributed by atoms with van der Waals surface area (Å²) in [6, 6.07) is 7.25. The molecule has 3 aromatic heterocycles. The molecule has 0 aliphatic rings. The van der Waals surface area contributed by atoms with Gasteiger partial charge in [0, 0.05) is 12.4 Å². The van der Waals surface area contributed by atoms with E-state index in [0.29, 0.717) is 17.0 Å². The Kier molecular flexibility index (Phi) is 2.37. The summed E-state index contributed by atoms with van der Waals surface area (Å²) in [6.07, 6.45) is 4.51. The monoisotopic (exact) mass is 247 g/mol. The van der Waals surface area contributed by atoms with E-state index in [-0.39, 0.29) is 11.4 Å². The van der Waals surface area contributed by atoms with Gasteiger partial charge >= 0.3 is 0 Å². The second-order valence-electron chi connectivity index (χ2n) is 3.60. The van der Waals surface area contributed by atoms with Gasteiger partial charge < -0.3 is 0 Å². The molecule has 0 aliphatic carbocycles. The molecule has 3 rings (SSSR count). The minimum Gasteiger partial charge on any atom is -0.273 e. The quantitative estimate of drug-likeness (QED) is 0.634. The van der Waals surface area contributed by atoms with Crippen LogP contribution in [0.1, 0.15) is 11.4 Å². The number of imidazole rings is 1. The van der Waals surface area contributed by atoms with E-state index >= 15 is 0 Å². The molecule has 0 saturated carbocycles. The van der Waals surface area contributed by atoms with Crippen LogP contribution in [-0.2, 0) is 0 Å². The number of hydrogen-bond donors (Lipinski definition) is 0. The Labute approximate surface area is 107 Å². The fourth-order valence-corrected chi connectivity index (χ4v) is 1.69. The highest BCUT2D eigenvalue weighted by atomic mass is 15.1. The number of nitrogens with zero attached hydrogens (tertiary/aromatic N) is 7. The lowest BCUT2D eigenvalue weighted by molar-refractivity contribution is 0.980. The van der Waals surface area contributed by atoms with E-state index < -0.39 is 0 Å². The van der Waals surface area contributed by atoms with Crippen LogP contribution in [0, 0.1) is 22.7 Å². The number of nitriles is 2. The maximum absolute atomic E-state index is 9.08. The molecule has 0 radical (unpaired) electrons. The van der Waals surface area contributed by atoms with Crippen molar-refractivity contribution in [3.05, 3.63) is 42.2 Å². The maximum Gasteiger partial charge on any atom is 0.180 e. The van der Waals surface area contributed by atoms with Gasteiger partial charge in [0.2, 0.25) is 0 Å². The second kappa shape index (κ2) is 4.17. The Bertz CT molecular complexity index is 850. The number of fused-ring (bicyclic) bond motifs is 1. The van der Waals surface area contributed by atoms with Gasteiger partial charge in [-0.2, -0.15) is 10.5 Å². The molecule has 7 nitrogen and oxygen atoms in total. The van der Waals surface area contributed by atoms with Crippen LogP contribution in [0.15, 0.2) is 30.9 Å². The summed E-state index contributed by atoms with van der Waals surface area (Å²) in [5.41, 5.74) is 1.35. The van der Waals surface area contributed by atoms with Crippen molar-refractivity contribution < 1.29 is 0 Å². The zero-order chi connectivity index (χ0) is 13.2. The third kappa shape index (κ3) is 1.66. The summed E-state index contributed by atoms with van der Waals surface area (Å²) < 4.78 is 1.45. The van der Waals surface area contributed by atoms with Gasteiger partial charge in [0.1, 0.15) is 29.8 Å². The molecule has 0 saturated heterocycles. The minimum atomic E-state index is 0.0727. The van der Waals surface area contributed by atoms with Crippen molar-refractivity contribution in [1.82, 2.24) is 24.5 Å². The van der Waals surface area contributed by atoms with Crippen molar-refractivity contribution >= 4 is 11.2 Å². The number of pyridine rings is 1. The van der Waals surface area contributed by atoms with Gasteiger partial charge in [0.25, 0.3) is 0 Å². The van der Waals surface area contributed by atoms with Crippen LogP contribution in [0.3, 0.4) is 0 Å². The molecule has 0 atom stereocenters. The van der Waals surface area contributed by atoms with Gasteiger partial charge in [-0.05, 0) is 12.1 Å².